The summed E-state index contributed by atoms with van der Waals surface area (Å²) in [5.74, 6) is 0.635. The number of sulfonamides is 1. The third kappa shape index (κ3) is 8.72. The summed E-state index contributed by atoms with van der Waals surface area (Å²) in [6.45, 7) is 3.85. The molecule has 10 heteroatoms. The van der Waals surface area contributed by atoms with Crippen molar-refractivity contribution in [2.45, 2.75) is 18.2 Å². The average molecular weight is 538 g/mol. The van der Waals surface area contributed by atoms with E-state index in [1.165, 1.54) is 12.1 Å². The van der Waals surface area contributed by atoms with Gasteiger partial charge in [0.15, 0.2) is 5.96 Å². The number of nitrogens with one attached hydrogen (secondary N) is 3. The van der Waals surface area contributed by atoms with E-state index in [1.54, 1.807) is 18.3 Å². The van der Waals surface area contributed by atoms with Crippen molar-refractivity contribution in [1.29, 1.82) is 0 Å². The predicted octanol–water partition coefficient (Wildman–Crippen LogP) is 2.43. The smallest absolute Gasteiger partial charge is 0.240 e. The van der Waals surface area contributed by atoms with E-state index in [0.717, 1.165) is 12.1 Å². The second-order valence-corrected chi connectivity index (χ2v) is 7.82. The maximum Gasteiger partial charge on any atom is 0.240 e. The van der Waals surface area contributed by atoms with Gasteiger partial charge in [0.25, 0.3) is 0 Å². The summed E-state index contributed by atoms with van der Waals surface area (Å²) in [5, 5.41) is 6.72. The van der Waals surface area contributed by atoms with Crippen LogP contribution in [-0.2, 0) is 16.4 Å². The summed E-state index contributed by atoms with van der Waals surface area (Å²) in [6, 6.07) is 11.9. The van der Waals surface area contributed by atoms with Crippen molar-refractivity contribution in [3.8, 4) is 0 Å². The van der Waals surface area contributed by atoms with Crippen LogP contribution in [0.4, 0.5) is 0 Å². The lowest BCUT2D eigenvalue weighted by Gasteiger charge is -2.11. The Kier molecular flexibility index (Phi) is 11.4. The molecule has 28 heavy (non-hydrogen) atoms. The first kappa shape index (κ1) is 24.6. The molecule has 0 aliphatic rings. The van der Waals surface area contributed by atoms with Crippen LogP contribution in [0.1, 0.15) is 12.6 Å². The third-order valence-electron chi connectivity index (χ3n) is 3.52. The molecule has 0 amide bonds. The van der Waals surface area contributed by atoms with Crippen LogP contribution in [0, 0.1) is 0 Å². The van der Waals surface area contributed by atoms with E-state index < -0.39 is 10.0 Å². The number of benzene rings is 1. The minimum absolute atomic E-state index is 0. The highest BCUT2D eigenvalue weighted by molar-refractivity contribution is 14.0. The van der Waals surface area contributed by atoms with E-state index in [2.05, 4.69) is 25.3 Å². The highest BCUT2D eigenvalue weighted by Crippen LogP contribution is 2.14. The minimum atomic E-state index is -3.60. The predicted molar refractivity (Wildman–Crippen MR) is 124 cm³/mol. The van der Waals surface area contributed by atoms with Crippen molar-refractivity contribution >= 4 is 51.6 Å². The molecule has 0 aliphatic heterocycles. The molecule has 7 nitrogen and oxygen atoms in total. The van der Waals surface area contributed by atoms with E-state index in [4.69, 9.17) is 11.6 Å². The fraction of sp³-hybridized carbons (Fsp3) is 0.333. The number of guanidine groups is 1. The van der Waals surface area contributed by atoms with Crippen LogP contribution >= 0.6 is 35.6 Å². The van der Waals surface area contributed by atoms with Gasteiger partial charge in [-0.05, 0) is 37.3 Å². The minimum Gasteiger partial charge on any atom is -0.357 e. The highest BCUT2D eigenvalue weighted by Gasteiger charge is 2.13. The number of hydrogen-bond acceptors (Lipinski definition) is 4. The molecule has 3 N–H and O–H groups in total. The van der Waals surface area contributed by atoms with Crippen molar-refractivity contribution in [3.63, 3.8) is 0 Å². The number of hydrogen-bond donors (Lipinski definition) is 3. The first-order valence-electron chi connectivity index (χ1n) is 8.68. The molecule has 0 unspecified atom stereocenters. The first-order valence-corrected chi connectivity index (χ1v) is 10.5. The van der Waals surface area contributed by atoms with Gasteiger partial charge in [-0.3, -0.25) is 9.98 Å². The molecule has 1 aromatic carbocycles. The molecular weight excluding hydrogens is 513 g/mol. The van der Waals surface area contributed by atoms with Crippen LogP contribution in [-0.4, -0.2) is 45.5 Å². The van der Waals surface area contributed by atoms with Crippen LogP contribution < -0.4 is 15.4 Å². The number of aliphatic imine (C=N–C) groups is 1. The van der Waals surface area contributed by atoms with Gasteiger partial charge in [0.1, 0.15) is 0 Å². The van der Waals surface area contributed by atoms with Crippen LogP contribution in [0.25, 0.3) is 0 Å². The van der Waals surface area contributed by atoms with Crippen molar-refractivity contribution < 1.29 is 8.42 Å². The molecule has 0 bridgehead atoms. The van der Waals surface area contributed by atoms with Gasteiger partial charge in [0.05, 0.1) is 11.4 Å². The van der Waals surface area contributed by atoms with E-state index in [1.807, 2.05) is 25.1 Å². The van der Waals surface area contributed by atoms with Gasteiger partial charge in [-0.25, -0.2) is 13.1 Å². The number of rotatable bonds is 9. The van der Waals surface area contributed by atoms with Gasteiger partial charge in [-0.1, -0.05) is 23.7 Å². The fourth-order valence-corrected chi connectivity index (χ4v) is 3.58. The molecule has 1 aromatic heterocycles. The zero-order valence-corrected chi connectivity index (χ0v) is 19.5. The highest BCUT2D eigenvalue weighted by atomic mass is 127. The molecule has 0 saturated carbocycles. The lowest BCUT2D eigenvalue weighted by molar-refractivity contribution is 0.582. The summed E-state index contributed by atoms with van der Waals surface area (Å²) < 4.78 is 27.0. The van der Waals surface area contributed by atoms with Crippen molar-refractivity contribution in [2.24, 2.45) is 4.99 Å². The number of pyridine rings is 1. The third-order valence-corrected chi connectivity index (χ3v) is 5.22. The molecule has 0 radical (unpaired) electrons. The lowest BCUT2D eigenvalue weighted by atomic mass is 10.3. The van der Waals surface area contributed by atoms with Gasteiger partial charge in [-0.2, -0.15) is 0 Å². The van der Waals surface area contributed by atoms with Crippen molar-refractivity contribution in [3.05, 3.63) is 59.4 Å². The SMILES string of the molecule is CCNC(=NCCNS(=O)(=O)c1cccc(Cl)c1)NCCc1ccccn1.I. The summed E-state index contributed by atoms with van der Waals surface area (Å²) >= 11 is 5.85. The van der Waals surface area contributed by atoms with Crippen LogP contribution in [0.3, 0.4) is 0 Å². The van der Waals surface area contributed by atoms with Crippen LogP contribution in [0.5, 0.6) is 0 Å². The Labute approximate surface area is 188 Å². The molecule has 2 rings (SSSR count). The Bertz CT molecular complexity index is 850. The molecule has 154 valence electrons. The zero-order valence-electron chi connectivity index (χ0n) is 15.6. The summed E-state index contributed by atoms with van der Waals surface area (Å²) in [4.78, 5) is 8.79. The Hall–Kier alpha value is -1.43. The summed E-state index contributed by atoms with van der Waals surface area (Å²) in [7, 11) is -3.60. The Morgan fingerprint density at radius 1 is 1.14 bits per heavy atom. The Morgan fingerprint density at radius 2 is 1.96 bits per heavy atom. The average Bonchev–Trinajstić information content (AvgIpc) is 2.66. The lowest BCUT2D eigenvalue weighted by Crippen LogP contribution is -2.39. The molecule has 1 heterocycles. The number of halogens is 2. The monoisotopic (exact) mass is 537 g/mol. The number of nitrogens with zero attached hydrogens (tertiary/aromatic N) is 2. The second kappa shape index (κ2) is 12.9. The Morgan fingerprint density at radius 3 is 2.64 bits per heavy atom. The maximum atomic E-state index is 12.2. The largest absolute Gasteiger partial charge is 0.357 e. The van der Waals surface area contributed by atoms with Crippen LogP contribution in [0.2, 0.25) is 5.02 Å². The molecule has 0 fully saturated rings. The standard InChI is InChI=1S/C18H24ClN5O2S.HI/c1-2-20-18(22-11-9-16-7-3-4-10-21-16)23-12-13-24-27(25,26)17-8-5-6-15(19)14-17;/h3-8,10,14,24H,2,9,11-13H2,1H3,(H2,20,22,23);1H. The molecule has 0 saturated heterocycles. The molecule has 0 aliphatic carbocycles. The van der Waals surface area contributed by atoms with E-state index in [9.17, 15) is 8.42 Å². The molecule has 0 atom stereocenters. The van der Waals surface area contributed by atoms with Gasteiger partial charge >= 0.3 is 0 Å². The zero-order chi connectivity index (χ0) is 19.5. The van der Waals surface area contributed by atoms with Gasteiger partial charge in [0.2, 0.25) is 10.0 Å². The quantitative estimate of drug-likeness (QED) is 0.198. The van der Waals surface area contributed by atoms with Gasteiger partial charge < -0.3 is 10.6 Å². The topological polar surface area (TPSA) is 95.5 Å². The first-order chi connectivity index (χ1) is 13.0. The normalized spacial score (nSPS) is 11.6. The molecular formula is C18H25ClIN5O2S. The summed E-state index contributed by atoms with van der Waals surface area (Å²) in [5.41, 5.74) is 0.995. The summed E-state index contributed by atoms with van der Waals surface area (Å²) in [6.07, 6.45) is 2.54. The maximum absolute atomic E-state index is 12.2. The Balaban J connectivity index is 0.00000392. The van der Waals surface area contributed by atoms with Gasteiger partial charge in [-0.15, -0.1) is 24.0 Å². The van der Waals surface area contributed by atoms with E-state index in [-0.39, 0.29) is 35.4 Å². The van der Waals surface area contributed by atoms with Crippen molar-refractivity contribution in [2.75, 3.05) is 26.2 Å². The van der Waals surface area contributed by atoms with E-state index >= 15 is 0 Å². The van der Waals surface area contributed by atoms with Crippen LogP contribution in [0.15, 0.2) is 58.5 Å². The fourth-order valence-electron chi connectivity index (χ4n) is 2.26. The van der Waals surface area contributed by atoms with Crippen molar-refractivity contribution in [1.82, 2.24) is 20.3 Å². The van der Waals surface area contributed by atoms with Gasteiger partial charge in [0, 0.05) is 43.0 Å². The second-order valence-electron chi connectivity index (χ2n) is 5.61. The molecule has 2 aromatic rings. The number of aromatic nitrogens is 1. The molecule has 0 spiro atoms. The van der Waals surface area contributed by atoms with E-state index in [0.29, 0.717) is 30.6 Å².